The zero-order valence-corrected chi connectivity index (χ0v) is 27.1. The molecule has 0 heterocycles. The van der Waals surface area contributed by atoms with Gasteiger partial charge in [0.05, 0.1) is 4.90 Å². The van der Waals surface area contributed by atoms with E-state index in [1.54, 1.807) is 12.1 Å². The number of unbranched alkanes of at least 4 members (excludes halogenated alkanes) is 11. The van der Waals surface area contributed by atoms with Crippen LogP contribution in [0.2, 0.25) is 0 Å². The van der Waals surface area contributed by atoms with Crippen LogP contribution in [0.25, 0.3) is 0 Å². The molecule has 0 aliphatic carbocycles. The normalized spacial score (nSPS) is 13.3. The number of hydrogen-bond acceptors (Lipinski definition) is 6. The van der Waals surface area contributed by atoms with E-state index in [1.165, 1.54) is 57.1 Å². The van der Waals surface area contributed by atoms with Gasteiger partial charge in [-0.15, -0.1) is 0 Å². The Morgan fingerprint density at radius 1 is 0.825 bits per heavy atom. The zero-order valence-electron chi connectivity index (χ0n) is 26.3. The molecule has 0 aromatic heterocycles. The number of ether oxygens (including phenoxy) is 1. The Morgan fingerprint density at radius 3 is 1.73 bits per heavy atom. The number of sulfonamides is 1. The third-order valence-corrected chi connectivity index (χ3v) is 8.52. The number of hydrogen-bond donors (Lipinski definition) is 2. The molecule has 0 saturated carbocycles. The minimum absolute atomic E-state index is 0.0933. The van der Waals surface area contributed by atoms with Crippen molar-refractivity contribution in [3.8, 4) is 0 Å². The van der Waals surface area contributed by atoms with Gasteiger partial charge in [0.25, 0.3) is 0 Å². The molecule has 0 fully saturated rings. The van der Waals surface area contributed by atoms with E-state index in [2.05, 4.69) is 4.72 Å². The molecule has 0 saturated heterocycles. The summed E-state index contributed by atoms with van der Waals surface area (Å²) in [6.45, 7) is 14.1. The summed E-state index contributed by atoms with van der Waals surface area (Å²) in [7, 11) is -4.67. The molecule has 7 nitrogen and oxygen atoms in total. The van der Waals surface area contributed by atoms with Crippen molar-refractivity contribution < 1.29 is 27.6 Å². The van der Waals surface area contributed by atoms with Crippen molar-refractivity contribution >= 4 is 28.6 Å². The fourth-order valence-corrected chi connectivity index (χ4v) is 5.21. The average molecular weight is 582 g/mol. The van der Waals surface area contributed by atoms with Gasteiger partial charge in [-0.25, -0.2) is 13.1 Å². The molecule has 0 aliphatic rings. The molecule has 2 N–H and O–H groups in total. The van der Waals surface area contributed by atoms with Gasteiger partial charge in [0.15, 0.2) is 0 Å². The molecular formula is C31H56BNO6S. The predicted molar refractivity (Wildman–Crippen MR) is 165 cm³/mol. The molecule has 1 atom stereocenters. The Morgan fingerprint density at radius 2 is 1.27 bits per heavy atom. The fraction of sp³-hybridized carbons (Fsp3) is 0.774. The second kappa shape index (κ2) is 18.2. The smallest absolute Gasteiger partial charge is 0.460 e. The van der Waals surface area contributed by atoms with Crippen LogP contribution in [0.5, 0.6) is 0 Å². The van der Waals surface area contributed by atoms with Crippen molar-refractivity contribution in [3.63, 3.8) is 0 Å². The summed E-state index contributed by atoms with van der Waals surface area (Å²) in [5.41, 5.74) is 0.0303. The van der Waals surface area contributed by atoms with Crippen LogP contribution in [0, 0.1) is 5.41 Å². The van der Waals surface area contributed by atoms with Crippen LogP contribution in [0.1, 0.15) is 132 Å². The van der Waals surface area contributed by atoms with Gasteiger partial charge in [-0.2, -0.15) is 0 Å². The summed E-state index contributed by atoms with van der Waals surface area (Å²) in [4.78, 5) is 11.9. The van der Waals surface area contributed by atoms with Crippen LogP contribution in [0.3, 0.4) is 0 Å². The number of nitrogens with one attached hydrogen (secondary N) is 1. The van der Waals surface area contributed by atoms with Gasteiger partial charge in [-0.3, -0.25) is 4.79 Å². The molecule has 1 rings (SSSR count). The van der Waals surface area contributed by atoms with Crippen molar-refractivity contribution in [3.05, 3.63) is 24.3 Å². The van der Waals surface area contributed by atoms with Crippen molar-refractivity contribution in [2.75, 3.05) is 6.54 Å². The highest BCUT2D eigenvalue weighted by Crippen LogP contribution is 2.22. The van der Waals surface area contributed by atoms with Crippen LogP contribution in [0.15, 0.2) is 29.2 Å². The first-order valence-electron chi connectivity index (χ1n) is 15.3. The highest BCUT2D eigenvalue weighted by molar-refractivity contribution is 7.89. The Bertz CT molecular complexity index is 938. The molecule has 0 bridgehead atoms. The average Bonchev–Trinajstić information content (AvgIpc) is 2.84. The molecule has 9 heteroatoms. The highest BCUT2D eigenvalue weighted by atomic mass is 32.2. The lowest BCUT2D eigenvalue weighted by Crippen LogP contribution is -2.40. The lowest BCUT2D eigenvalue weighted by atomic mass is 9.78. The summed E-state index contributed by atoms with van der Waals surface area (Å²) < 4.78 is 38.9. The Kier molecular flexibility index (Phi) is 16.7. The van der Waals surface area contributed by atoms with Crippen molar-refractivity contribution in [2.45, 2.75) is 149 Å². The summed E-state index contributed by atoms with van der Waals surface area (Å²) >= 11 is 0. The first kappa shape index (κ1) is 36.6. The van der Waals surface area contributed by atoms with Crippen molar-refractivity contribution in [1.82, 2.24) is 4.72 Å². The quantitative estimate of drug-likeness (QED) is 0.103. The van der Waals surface area contributed by atoms with Gasteiger partial charge in [0, 0.05) is 19.1 Å². The Hall–Kier alpha value is -1.42. The molecule has 1 aromatic rings. The highest BCUT2D eigenvalue weighted by Gasteiger charge is 2.27. The van der Waals surface area contributed by atoms with Crippen LogP contribution in [-0.2, 0) is 24.2 Å². The first-order valence-corrected chi connectivity index (χ1v) is 16.7. The number of carbonyl (C=O) groups excluding carboxylic acids is 1. The van der Waals surface area contributed by atoms with Gasteiger partial charge < -0.3 is 14.4 Å². The maximum absolute atomic E-state index is 12.6. The summed E-state index contributed by atoms with van der Waals surface area (Å²) in [6, 6.07) is 6.22. The van der Waals surface area contributed by atoms with Gasteiger partial charge in [-0.1, -0.05) is 97.1 Å². The number of esters is 1. The van der Waals surface area contributed by atoms with E-state index in [-0.39, 0.29) is 22.4 Å². The number of rotatable bonds is 20. The third-order valence-electron chi connectivity index (χ3n) is 7.05. The van der Waals surface area contributed by atoms with Crippen LogP contribution in [0.4, 0.5) is 0 Å². The molecule has 0 aliphatic heterocycles. The van der Waals surface area contributed by atoms with E-state index >= 15 is 0 Å². The SMILES string of the molecule is CC(OB(O)c1ccc(S(=O)(=O)NCCCCCCCCCCCCCCC(=O)OC(C)(C)C)cc1)C(C)(C)C. The monoisotopic (exact) mass is 581 g/mol. The van der Waals surface area contributed by atoms with E-state index in [1.807, 2.05) is 48.5 Å². The topological polar surface area (TPSA) is 102 Å². The van der Waals surface area contributed by atoms with E-state index in [0.717, 1.165) is 32.1 Å². The minimum atomic E-state index is -3.57. The largest absolute Gasteiger partial charge is 0.491 e. The van der Waals surface area contributed by atoms with Gasteiger partial charge in [-0.05, 0) is 63.5 Å². The zero-order chi connectivity index (χ0) is 30.2. The fourth-order valence-electron chi connectivity index (χ4n) is 4.13. The van der Waals surface area contributed by atoms with Crippen molar-refractivity contribution in [1.29, 1.82) is 0 Å². The van der Waals surface area contributed by atoms with E-state index in [0.29, 0.717) is 18.4 Å². The Labute approximate surface area is 245 Å². The second-order valence-corrected chi connectivity index (χ2v) is 14.8. The molecular weight excluding hydrogens is 525 g/mol. The summed E-state index contributed by atoms with van der Waals surface area (Å²) in [5.74, 6) is -0.0933. The molecule has 40 heavy (non-hydrogen) atoms. The van der Waals surface area contributed by atoms with Gasteiger partial charge in [0.2, 0.25) is 10.0 Å². The molecule has 230 valence electrons. The van der Waals surface area contributed by atoms with E-state index in [9.17, 15) is 18.2 Å². The summed E-state index contributed by atoms with van der Waals surface area (Å²) in [6.07, 6.45) is 13.9. The second-order valence-electron chi connectivity index (χ2n) is 13.0. The molecule has 0 radical (unpaired) electrons. The summed E-state index contributed by atoms with van der Waals surface area (Å²) in [5, 5.41) is 10.3. The standard InChI is InChI=1S/C31H56BNO6S/c1-26(30(2,3)4)39-32(35)27-21-23-28(24-22-27)40(36,37)33-25-19-17-15-13-11-9-8-10-12-14-16-18-20-29(34)38-31(5,6)7/h21-24,26,33,35H,8-20,25H2,1-7H3. The molecule has 0 amide bonds. The Balaban J connectivity index is 2.08. The van der Waals surface area contributed by atoms with Gasteiger partial charge >= 0.3 is 13.1 Å². The molecule has 1 unspecified atom stereocenters. The van der Waals surface area contributed by atoms with Crippen LogP contribution < -0.4 is 10.2 Å². The maximum atomic E-state index is 12.6. The predicted octanol–water partition coefficient (Wildman–Crippen LogP) is 6.52. The maximum Gasteiger partial charge on any atom is 0.491 e. The minimum Gasteiger partial charge on any atom is -0.460 e. The lowest BCUT2D eigenvalue weighted by Gasteiger charge is -2.28. The first-order chi connectivity index (χ1) is 18.6. The van der Waals surface area contributed by atoms with Crippen LogP contribution in [-0.4, -0.2) is 44.8 Å². The number of carbonyl (C=O) groups is 1. The lowest BCUT2D eigenvalue weighted by molar-refractivity contribution is -0.154. The molecule has 0 spiro atoms. The van der Waals surface area contributed by atoms with E-state index < -0.39 is 22.7 Å². The van der Waals surface area contributed by atoms with Crippen LogP contribution >= 0.6 is 0 Å². The van der Waals surface area contributed by atoms with Crippen molar-refractivity contribution in [2.24, 2.45) is 5.41 Å². The third kappa shape index (κ3) is 16.8. The molecule has 1 aromatic carbocycles. The van der Waals surface area contributed by atoms with E-state index in [4.69, 9.17) is 9.39 Å². The number of benzene rings is 1. The van der Waals surface area contributed by atoms with Gasteiger partial charge in [0.1, 0.15) is 5.60 Å².